The number of hydrogen-bond acceptors (Lipinski definition) is 3. The Hall–Kier alpha value is -1.07. The number of rotatable bonds is 4. The summed E-state index contributed by atoms with van der Waals surface area (Å²) < 4.78 is 1.10. The SMILES string of the molecule is CNC(C)c1ccc(N2CCCC(C(N)=O)C2)cc1Br. The van der Waals surface area contributed by atoms with Crippen molar-refractivity contribution in [2.75, 3.05) is 25.0 Å². The van der Waals surface area contributed by atoms with Gasteiger partial charge in [-0.05, 0) is 44.5 Å². The minimum atomic E-state index is -0.186. The number of nitrogens with zero attached hydrogens (tertiary/aromatic N) is 1. The first-order valence-corrected chi connectivity index (χ1v) is 7.83. The van der Waals surface area contributed by atoms with Crippen LogP contribution in [0.15, 0.2) is 22.7 Å². The number of anilines is 1. The summed E-state index contributed by atoms with van der Waals surface area (Å²) in [6.45, 7) is 3.84. The van der Waals surface area contributed by atoms with E-state index in [4.69, 9.17) is 5.73 Å². The molecular formula is C15H22BrN3O. The Bertz CT molecular complexity index is 492. The van der Waals surface area contributed by atoms with Crippen LogP contribution in [0, 0.1) is 5.92 Å². The zero-order chi connectivity index (χ0) is 14.7. The molecule has 1 aromatic carbocycles. The zero-order valence-electron chi connectivity index (χ0n) is 12.0. The van der Waals surface area contributed by atoms with Gasteiger partial charge in [0.05, 0.1) is 5.92 Å². The molecule has 1 saturated heterocycles. The first-order chi connectivity index (χ1) is 9.52. The summed E-state index contributed by atoms with van der Waals surface area (Å²) in [7, 11) is 1.95. The standard InChI is InChI=1S/C15H22BrN3O/c1-10(18-2)13-6-5-12(8-14(13)16)19-7-3-4-11(9-19)15(17)20/h5-6,8,10-11,18H,3-4,7,9H2,1-2H3,(H2,17,20). The van der Waals surface area contributed by atoms with Crippen molar-refractivity contribution in [2.45, 2.75) is 25.8 Å². The largest absolute Gasteiger partial charge is 0.371 e. The Balaban J connectivity index is 2.17. The Kier molecular flexibility index (Phi) is 5.05. The predicted molar refractivity (Wildman–Crippen MR) is 85.7 cm³/mol. The number of carbonyl (C=O) groups excluding carboxylic acids is 1. The van der Waals surface area contributed by atoms with E-state index in [0.717, 1.165) is 36.1 Å². The minimum absolute atomic E-state index is 0.0292. The van der Waals surface area contributed by atoms with Gasteiger partial charge in [0.1, 0.15) is 0 Å². The quantitative estimate of drug-likeness (QED) is 0.885. The van der Waals surface area contributed by atoms with Crippen LogP contribution in [-0.2, 0) is 4.79 Å². The Morgan fingerprint density at radius 1 is 1.55 bits per heavy atom. The number of piperidine rings is 1. The van der Waals surface area contributed by atoms with Crippen LogP contribution in [-0.4, -0.2) is 26.0 Å². The summed E-state index contributed by atoms with van der Waals surface area (Å²) in [5, 5.41) is 3.24. The number of halogens is 1. The fourth-order valence-corrected chi connectivity index (χ4v) is 3.37. The van der Waals surface area contributed by atoms with Gasteiger partial charge in [-0.3, -0.25) is 4.79 Å². The molecule has 20 heavy (non-hydrogen) atoms. The number of nitrogens with two attached hydrogens (primary N) is 1. The van der Waals surface area contributed by atoms with Gasteiger partial charge in [-0.1, -0.05) is 22.0 Å². The van der Waals surface area contributed by atoms with Crippen LogP contribution in [0.25, 0.3) is 0 Å². The maximum atomic E-state index is 11.4. The van der Waals surface area contributed by atoms with Crippen molar-refractivity contribution in [3.8, 4) is 0 Å². The maximum Gasteiger partial charge on any atom is 0.222 e. The van der Waals surface area contributed by atoms with Crippen molar-refractivity contribution in [3.05, 3.63) is 28.2 Å². The van der Waals surface area contributed by atoms with E-state index in [-0.39, 0.29) is 11.8 Å². The molecule has 110 valence electrons. The van der Waals surface area contributed by atoms with Crippen molar-refractivity contribution in [1.29, 1.82) is 0 Å². The lowest BCUT2D eigenvalue weighted by atomic mass is 9.97. The number of carbonyl (C=O) groups is 1. The van der Waals surface area contributed by atoms with E-state index < -0.39 is 0 Å². The van der Waals surface area contributed by atoms with Crippen LogP contribution in [0.1, 0.15) is 31.4 Å². The first kappa shape index (κ1) is 15.3. The van der Waals surface area contributed by atoms with Gasteiger partial charge in [0.15, 0.2) is 0 Å². The molecule has 0 spiro atoms. The van der Waals surface area contributed by atoms with Crippen molar-refractivity contribution in [1.82, 2.24) is 5.32 Å². The molecule has 5 heteroatoms. The van der Waals surface area contributed by atoms with Crippen molar-refractivity contribution < 1.29 is 4.79 Å². The molecule has 0 aromatic heterocycles. The van der Waals surface area contributed by atoms with E-state index in [1.54, 1.807) is 0 Å². The average Bonchev–Trinajstić information content (AvgIpc) is 2.46. The van der Waals surface area contributed by atoms with Gasteiger partial charge in [0, 0.05) is 29.3 Å². The molecule has 0 saturated carbocycles. The third-order valence-corrected chi connectivity index (χ3v) is 4.76. The van der Waals surface area contributed by atoms with Gasteiger partial charge in [0.2, 0.25) is 5.91 Å². The van der Waals surface area contributed by atoms with Gasteiger partial charge in [-0.25, -0.2) is 0 Å². The molecule has 1 aliphatic heterocycles. The molecule has 0 radical (unpaired) electrons. The van der Waals surface area contributed by atoms with Crippen LogP contribution >= 0.6 is 15.9 Å². The molecule has 0 bridgehead atoms. The van der Waals surface area contributed by atoms with E-state index in [0.29, 0.717) is 6.04 Å². The number of primary amides is 1. The van der Waals surface area contributed by atoms with Crippen LogP contribution in [0.3, 0.4) is 0 Å². The molecule has 0 aliphatic carbocycles. The molecule has 2 rings (SSSR count). The van der Waals surface area contributed by atoms with Gasteiger partial charge in [0.25, 0.3) is 0 Å². The van der Waals surface area contributed by atoms with Gasteiger partial charge in [-0.2, -0.15) is 0 Å². The van der Waals surface area contributed by atoms with Gasteiger partial charge >= 0.3 is 0 Å². The highest BCUT2D eigenvalue weighted by molar-refractivity contribution is 9.10. The Labute approximate surface area is 128 Å². The van der Waals surface area contributed by atoms with Crippen LogP contribution in [0.2, 0.25) is 0 Å². The van der Waals surface area contributed by atoms with E-state index in [2.05, 4.69) is 51.3 Å². The van der Waals surface area contributed by atoms with Crippen molar-refractivity contribution >= 4 is 27.5 Å². The van der Waals surface area contributed by atoms with E-state index in [1.165, 1.54) is 5.56 Å². The lowest BCUT2D eigenvalue weighted by molar-refractivity contribution is -0.122. The molecule has 1 amide bonds. The summed E-state index contributed by atoms with van der Waals surface area (Å²) in [4.78, 5) is 13.6. The lowest BCUT2D eigenvalue weighted by Crippen LogP contribution is -2.41. The Morgan fingerprint density at radius 2 is 2.30 bits per heavy atom. The Morgan fingerprint density at radius 3 is 2.90 bits per heavy atom. The monoisotopic (exact) mass is 339 g/mol. The highest BCUT2D eigenvalue weighted by Gasteiger charge is 2.24. The molecule has 1 aromatic rings. The lowest BCUT2D eigenvalue weighted by Gasteiger charge is -2.33. The minimum Gasteiger partial charge on any atom is -0.371 e. The molecular weight excluding hydrogens is 318 g/mol. The highest BCUT2D eigenvalue weighted by atomic mass is 79.9. The molecule has 2 unspecified atom stereocenters. The summed E-state index contributed by atoms with van der Waals surface area (Å²) in [6.07, 6.45) is 1.92. The number of hydrogen-bond donors (Lipinski definition) is 2. The van der Waals surface area contributed by atoms with E-state index >= 15 is 0 Å². The maximum absolute atomic E-state index is 11.4. The number of benzene rings is 1. The summed E-state index contributed by atoms with van der Waals surface area (Å²) in [5.74, 6) is -0.215. The van der Waals surface area contributed by atoms with Crippen LogP contribution in [0.4, 0.5) is 5.69 Å². The van der Waals surface area contributed by atoms with Crippen LogP contribution < -0.4 is 16.0 Å². The summed E-state index contributed by atoms with van der Waals surface area (Å²) in [5.41, 5.74) is 7.82. The van der Waals surface area contributed by atoms with Gasteiger partial charge < -0.3 is 16.0 Å². The summed E-state index contributed by atoms with van der Waals surface area (Å²) in [6, 6.07) is 6.69. The smallest absolute Gasteiger partial charge is 0.222 e. The topological polar surface area (TPSA) is 58.4 Å². The molecule has 2 atom stereocenters. The van der Waals surface area contributed by atoms with Crippen molar-refractivity contribution in [3.63, 3.8) is 0 Å². The van der Waals surface area contributed by atoms with E-state index in [9.17, 15) is 4.79 Å². The molecule has 1 heterocycles. The average molecular weight is 340 g/mol. The molecule has 3 N–H and O–H groups in total. The zero-order valence-corrected chi connectivity index (χ0v) is 13.6. The normalized spacial score (nSPS) is 20.8. The predicted octanol–water partition coefficient (Wildman–Crippen LogP) is 2.43. The molecule has 1 aliphatic rings. The fourth-order valence-electron chi connectivity index (χ4n) is 2.66. The van der Waals surface area contributed by atoms with Crippen LogP contribution in [0.5, 0.6) is 0 Å². The van der Waals surface area contributed by atoms with Gasteiger partial charge in [-0.15, -0.1) is 0 Å². The fraction of sp³-hybridized carbons (Fsp3) is 0.533. The second kappa shape index (κ2) is 6.59. The van der Waals surface area contributed by atoms with E-state index in [1.807, 2.05) is 7.05 Å². The second-order valence-electron chi connectivity index (χ2n) is 5.40. The third-order valence-electron chi connectivity index (χ3n) is 4.07. The third kappa shape index (κ3) is 3.33. The molecule has 1 fully saturated rings. The van der Waals surface area contributed by atoms with Crippen molar-refractivity contribution in [2.24, 2.45) is 11.7 Å². The first-order valence-electron chi connectivity index (χ1n) is 7.04. The summed E-state index contributed by atoms with van der Waals surface area (Å²) >= 11 is 3.64. The second-order valence-corrected chi connectivity index (χ2v) is 6.26. The molecule has 4 nitrogen and oxygen atoms in total. The highest BCUT2D eigenvalue weighted by Crippen LogP contribution is 2.30. The number of amides is 1. The number of nitrogens with one attached hydrogen (secondary N) is 1.